The number of aromatic amines is 1. The highest BCUT2D eigenvalue weighted by Gasteiger charge is 2.23. The first-order valence-corrected chi connectivity index (χ1v) is 6.99. The number of esters is 1. The fourth-order valence-electron chi connectivity index (χ4n) is 1.94. The van der Waals surface area contributed by atoms with E-state index in [2.05, 4.69) is 20.1 Å². The molecule has 110 valence electrons. The highest BCUT2D eigenvalue weighted by Crippen LogP contribution is 2.34. The molecule has 0 amide bonds. The number of aromatic nitrogens is 3. The molecule has 0 aliphatic heterocycles. The average Bonchev–Trinajstić information content (AvgIpc) is 3.20. The van der Waals surface area contributed by atoms with Crippen molar-refractivity contribution in [2.75, 3.05) is 13.7 Å². The van der Waals surface area contributed by atoms with Gasteiger partial charge in [0.05, 0.1) is 18.7 Å². The molecule has 3 rings (SSSR count). The Morgan fingerprint density at radius 1 is 1.48 bits per heavy atom. The molecule has 0 atom stereocenters. The molecule has 1 heterocycles. The largest absolute Gasteiger partial charge is 0.493 e. The van der Waals surface area contributed by atoms with Crippen LogP contribution in [-0.4, -0.2) is 35.1 Å². The second-order valence-electron chi connectivity index (χ2n) is 4.92. The molecule has 1 aromatic carbocycles. The number of benzene rings is 1. The predicted octanol–water partition coefficient (Wildman–Crippen LogP) is 2.70. The van der Waals surface area contributed by atoms with Gasteiger partial charge in [-0.15, -0.1) is 5.10 Å². The van der Waals surface area contributed by atoms with Gasteiger partial charge in [0.1, 0.15) is 11.4 Å². The first-order chi connectivity index (χ1) is 10.2. The normalized spacial score (nSPS) is 14.0. The van der Waals surface area contributed by atoms with Crippen LogP contribution in [0.2, 0.25) is 5.02 Å². The van der Waals surface area contributed by atoms with E-state index in [1.807, 2.05) is 0 Å². The van der Waals surface area contributed by atoms with Gasteiger partial charge in [-0.2, -0.15) is 0 Å². The highest BCUT2D eigenvalue weighted by molar-refractivity contribution is 6.33. The van der Waals surface area contributed by atoms with Crippen molar-refractivity contribution in [1.82, 2.24) is 15.4 Å². The van der Waals surface area contributed by atoms with Gasteiger partial charge in [-0.05, 0) is 37.0 Å². The summed E-state index contributed by atoms with van der Waals surface area (Å²) in [6, 6.07) is 5.27. The Bertz CT molecular complexity index is 667. The SMILES string of the molecule is COC(=O)c1[nH]nnc1-c1cc(OCC2CC2)ccc1Cl. The van der Waals surface area contributed by atoms with E-state index in [0.29, 0.717) is 34.6 Å². The van der Waals surface area contributed by atoms with Crippen LogP contribution in [0, 0.1) is 5.92 Å². The Morgan fingerprint density at radius 3 is 3.00 bits per heavy atom. The Morgan fingerprint density at radius 2 is 2.29 bits per heavy atom. The van der Waals surface area contributed by atoms with Crippen molar-refractivity contribution in [1.29, 1.82) is 0 Å². The summed E-state index contributed by atoms with van der Waals surface area (Å²) in [5.41, 5.74) is 1.10. The lowest BCUT2D eigenvalue weighted by atomic mass is 10.1. The minimum absolute atomic E-state index is 0.166. The standard InChI is InChI=1S/C14H14ClN3O3/c1-20-14(19)13-12(16-18-17-13)10-6-9(4-5-11(10)15)21-7-8-2-3-8/h4-6,8H,2-3,7H2,1H3,(H,16,17,18). The summed E-state index contributed by atoms with van der Waals surface area (Å²) in [6.07, 6.45) is 2.44. The Labute approximate surface area is 126 Å². The lowest BCUT2D eigenvalue weighted by Crippen LogP contribution is -2.04. The summed E-state index contributed by atoms with van der Waals surface area (Å²) in [4.78, 5) is 11.7. The third kappa shape index (κ3) is 3.00. The first kappa shape index (κ1) is 13.9. The van der Waals surface area contributed by atoms with Gasteiger partial charge in [-0.1, -0.05) is 16.8 Å². The number of hydrogen-bond acceptors (Lipinski definition) is 5. The van der Waals surface area contributed by atoms with Crippen molar-refractivity contribution in [2.24, 2.45) is 5.92 Å². The quantitative estimate of drug-likeness (QED) is 0.859. The van der Waals surface area contributed by atoms with E-state index in [9.17, 15) is 4.79 Å². The maximum Gasteiger partial charge on any atom is 0.358 e. The zero-order chi connectivity index (χ0) is 14.8. The van der Waals surface area contributed by atoms with E-state index in [-0.39, 0.29) is 5.69 Å². The van der Waals surface area contributed by atoms with Crippen molar-refractivity contribution in [3.63, 3.8) is 0 Å². The first-order valence-electron chi connectivity index (χ1n) is 6.61. The number of rotatable bonds is 5. The number of carbonyl (C=O) groups is 1. The Hall–Kier alpha value is -2.08. The molecule has 0 unspecified atom stereocenters. The lowest BCUT2D eigenvalue weighted by Gasteiger charge is -2.08. The van der Waals surface area contributed by atoms with E-state index in [1.54, 1.807) is 18.2 Å². The van der Waals surface area contributed by atoms with Gasteiger partial charge in [-0.25, -0.2) is 4.79 Å². The van der Waals surface area contributed by atoms with Gasteiger partial charge in [0.15, 0.2) is 5.69 Å². The summed E-state index contributed by atoms with van der Waals surface area (Å²) in [5, 5.41) is 10.6. The molecule has 2 aromatic rings. The van der Waals surface area contributed by atoms with Gasteiger partial charge in [-0.3, -0.25) is 5.10 Å². The lowest BCUT2D eigenvalue weighted by molar-refractivity contribution is 0.0595. The van der Waals surface area contributed by atoms with Crippen molar-refractivity contribution >= 4 is 17.6 Å². The monoisotopic (exact) mass is 307 g/mol. The van der Waals surface area contributed by atoms with Crippen LogP contribution < -0.4 is 4.74 Å². The summed E-state index contributed by atoms with van der Waals surface area (Å²) in [5.74, 6) is 0.803. The van der Waals surface area contributed by atoms with Gasteiger partial charge >= 0.3 is 5.97 Å². The molecule has 1 aromatic heterocycles. The van der Waals surface area contributed by atoms with E-state index in [0.717, 1.165) is 0 Å². The van der Waals surface area contributed by atoms with Crippen LogP contribution in [0.4, 0.5) is 0 Å². The fourth-order valence-corrected chi connectivity index (χ4v) is 2.14. The summed E-state index contributed by atoms with van der Waals surface area (Å²) < 4.78 is 10.4. The maximum absolute atomic E-state index is 11.7. The van der Waals surface area contributed by atoms with Crippen LogP contribution >= 0.6 is 11.6 Å². The van der Waals surface area contributed by atoms with Crippen LogP contribution in [0.15, 0.2) is 18.2 Å². The Kier molecular flexibility index (Phi) is 3.79. The van der Waals surface area contributed by atoms with Crippen molar-refractivity contribution in [2.45, 2.75) is 12.8 Å². The van der Waals surface area contributed by atoms with E-state index in [1.165, 1.54) is 20.0 Å². The molecule has 1 fully saturated rings. The predicted molar refractivity (Wildman–Crippen MR) is 76.4 cm³/mol. The maximum atomic E-state index is 11.7. The highest BCUT2D eigenvalue weighted by atomic mass is 35.5. The number of halogens is 1. The molecule has 0 radical (unpaired) electrons. The van der Waals surface area contributed by atoms with E-state index < -0.39 is 5.97 Å². The molecular formula is C14H14ClN3O3. The van der Waals surface area contributed by atoms with E-state index >= 15 is 0 Å². The van der Waals surface area contributed by atoms with Gasteiger partial charge < -0.3 is 9.47 Å². The number of methoxy groups -OCH3 is 1. The summed E-state index contributed by atoms with van der Waals surface area (Å²) >= 11 is 6.19. The molecule has 7 heteroatoms. The molecule has 6 nitrogen and oxygen atoms in total. The third-order valence-electron chi connectivity index (χ3n) is 3.31. The number of carbonyl (C=O) groups excluding carboxylic acids is 1. The molecule has 1 aliphatic rings. The number of ether oxygens (including phenoxy) is 2. The zero-order valence-electron chi connectivity index (χ0n) is 11.4. The van der Waals surface area contributed by atoms with Crippen molar-refractivity contribution in [3.05, 3.63) is 28.9 Å². The molecule has 0 bridgehead atoms. The van der Waals surface area contributed by atoms with Crippen molar-refractivity contribution in [3.8, 4) is 17.0 Å². The van der Waals surface area contributed by atoms with Crippen LogP contribution in [0.25, 0.3) is 11.3 Å². The number of nitrogens with one attached hydrogen (secondary N) is 1. The second-order valence-corrected chi connectivity index (χ2v) is 5.33. The molecule has 0 saturated heterocycles. The smallest absolute Gasteiger partial charge is 0.358 e. The zero-order valence-corrected chi connectivity index (χ0v) is 12.2. The summed E-state index contributed by atoms with van der Waals surface area (Å²) in [6.45, 7) is 0.698. The topological polar surface area (TPSA) is 77.1 Å². The molecular weight excluding hydrogens is 294 g/mol. The second kappa shape index (κ2) is 5.73. The van der Waals surface area contributed by atoms with Gasteiger partial charge in [0.2, 0.25) is 0 Å². The molecule has 1 aliphatic carbocycles. The minimum atomic E-state index is -0.546. The molecule has 0 spiro atoms. The number of hydrogen-bond donors (Lipinski definition) is 1. The fraction of sp³-hybridized carbons (Fsp3) is 0.357. The van der Waals surface area contributed by atoms with Crippen LogP contribution in [0.5, 0.6) is 5.75 Å². The Balaban J connectivity index is 1.91. The minimum Gasteiger partial charge on any atom is -0.493 e. The average molecular weight is 308 g/mol. The molecule has 21 heavy (non-hydrogen) atoms. The van der Waals surface area contributed by atoms with Crippen molar-refractivity contribution < 1.29 is 14.3 Å². The van der Waals surface area contributed by atoms with Crippen LogP contribution in [0.3, 0.4) is 0 Å². The third-order valence-corrected chi connectivity index (χ3v) is 3.64. The van der Waals surface area contributed by atoms with Gasteiger partial charge in [0, 0.05) is 5.56 Å². The van der Waals surface area contributed by atoms with E-state index in [4.69, 9.17) is 16.3 Å². The number of H-pyrrole nitrogens is 1. The van der Waals surface area contributed by atoms with Crippen LogP contribution in [-0.2, 0) is 4.74 Å². The van der Waals surface area contributed by atoms with Gasteiger partial charge in [0.25, 0.3) is 0 Å². The number of nitrogens with zero attached hydrogens (tertiary/aromatic N) is 2. The summed E-state index contributed by atoms with van der Waals surface area (Å²) in [7, 11) is 1.30. The molecule has 1 N–H and O–H groups in total. The molecule has 1 saturated carbocycles. The van der Waals surface area contributed by atoms with Crippen LogP contribution in [0.1, 0.15) is 23.3 Å².